The van der Waals surface area contributed by atoms with E-state index in [0.717, 1.165) is 11.3 Å². The Morgan fingerprint density at radius 2 is 1.75 bits per heavy atom. The number of hydrogen-bond acceptors (Lipinski definition) is 5. The molecule has 128 valence electrons. The van der Waals surface area contributed by atoms with E-state index >= 15 is 0 Å². The van der Waals surface area contributed by atoms with E-state index in [0.29, 0.717) is 31.1 Å². The molecule has 1 aromatic carbocycles. The van der Waals surface area contributed by atoms with E-state index in [-0.39, 0.29) is 14.9 Å². The van der Waals surface area contributed by atoms with Crippen LogP contribution >= 0.6 is 34.5 Å². The number of rotatable bonds is 4. The summed E-state index contributed by atoms with van der Waals surface area (Å²) in [7, 11) is -3.68. The van der Waals surface area contributed by atoms with Crippen molar-refractivity contribution in [1.29, 1.82) is 0 Å². The van der Waals surface area contributed by atoms with Gasteiger partial charge in [0.2, 0.25) is 10.0 Å². The summed E-state index contributed by atoms with van der Waals surface area (Å²) in [6.07, 6.45) is 0.815. The van der Waals surface area contributed by atoms with E-state index < -0.39 is 10.0 Å². The Balaban J connectivity index is 1.76. The number of nitrogens with zero attached hydrogens (tertiary/aromatic N) is 2. The number of aldehydes is 1. The van der Waals surface area contributed by atoms with Crippen LogP contribution < -0.4 is 4.90 Å². The second kappa shape index (κ2) is 7.01. The van der Waals surface area contributed by atoms with E-state index in [1.807, 2.05) is 6.07 Å². The molecule has 0 atom stereocenters. The van der Waals surface area contributed by atoms with E-state index in [1.165, 1.54) is 21.7 Å². The van der Waals surface area contributed by atoms with Gasteiger partial charge in [0.15, 0.2) is 6.29 Å². The highest BCUT2D eigenvalue weighted by atomic mass is 35.5. The number of carbonyl (C=O) groups is 1. The smallest absolute Gasteiger partial charge is 0.244 e. The van der Waals surface area contributed by atoms with Gasteiger partial charge in [-0.2, -0.15) is 4.31 Å². The fourth-order valence-corrected chi connectivity index (χ4v) is 5.58. The number of piperazine rings is 1. The zero-order valence-electron chi connectivity index (χ0n) is 12.5. The van der Waals surface area contributed by atoms with Crippen LogP contribution in [0.1, 0.15) is 9.67 Å². The molecule has 2 heterocycles. The molecule has 5 nitrogen and oxygen atoms in total. The molecule has 0 N–H and O–H groups in total. The van der Waals surface area contributed by atoms with Gasteiger partial charge in [-0.1, -0.05) is 29.3 Å². The van der Waals surface area contributed by atoms with Crippen LogP contribution in [0.25, 0.3) is 0 Å². The number of sulfonamides is 1. The van der Waals surface area contributed by atoms with Gasteiger partial charge in [-0.3, -0.25) is 4.79 Å². The quantitative estimate of drug-likeness (QED) is 0.732. The number of halogens is 2. The molecule has 1 aromatic heterocycles. The van der Waals surface area contributed by atoms with Crippen molar-refractivity contribution in [2.24, 2.45) is 0 Å². The third-order valence-electron chi connectivity index (χ3n) is 3.81. The highest BCUT2D eigenvalue weighted by molar-refractivity contribution is 7.89. The molecule has 0 saturated carbocycles. The molecule has 0 bridgehead atoms. The van der Waals surface area contributed by atoms with Crippen molar-refractivity contribution in [1.82, 2.24) is 4.31 Å². The lowest BCUT2D eigenvalue weighted by Gasteiger charge is -2.34. The predicted molar refractivity (Wildman–Crippen MR) is 97.1 cm³/mol. The first kappa shape index (κ1) is 17.7. The van der Waals surface area contributed by atoms with Crippen LogP contribution in [0.4, 0.5) is 5.00 Å². The van der Waals surface area contributed by atoms with E-state index in [4.69, 9.17) is 23.2 Å². The summed E-state index contributed by atoms with van der Waals surface area (Å²) in [6, 6.07) is 8.24. The van der Waals surface area contributed by atoms with Gasteiger partial charge < -0.3 is 4.90 Å². The number of hydrogen-bond donors (Lipinski definition) is 0. The molecule has 9 heteroatoms. The maximum Gasteiger partial charge on any atom is 0.244 e. The van der Waals surface area contributed by atoms with Gasteiger partial charge in [-0.05, 0) is 24.3 Å². The van der Waals surface area contributed by atoms with Crippen LogP contribution in [0.15, 0.2) is 35.2 Å². The molecular formula is C15H14Cl2N2O3S2. The summed E-state index contributed by atoms with van der Waals surface area (Å²) in [5.41, 5.74) is 0. The van der Waals surface area contributed by atoms with E-state index in [9.17, 15) is 13.2 Å². The maximum absolute atomic E-state index is 12.8. The van der Waals surface area contributed by atoms with Crippen LogP contribution in [0.5, 0.6) is 0 Å². The lowest BCUT2D eigenvalue weighted by Crippen LogP contribution is -2.48. The van der Waals surface area contributed by atoms with Gasteiger partial charge in [0.05, 0.1) is 19.9 Å². The molecule has 0 unspecified atom stereocenters. The topological polar surface area (TPSA) is 57.7 Å². The molecule has 0 aliphatic carbocycles. The monoisotopic (exact) mass is 404 g/mol. The van der Waals surface area contributed by atoms with Crippen molar-refractivity contribution in [3.63, 3.8) is 0 Å². The Bertz CT molecular complexity index is 859. The molecule has 1 fully saturated rings. The average Bonchev–Trinajstić information content (AvgIpc) is 3.06. The molecule has 24 heavy (non-hydrogen) atoms. The van der Waals surface area contributed by atoms with Gasteiger partial charge in [0.1, 0.15) is 4.90 Å². The minimum absolute atomic E-state index is 0.0319. The Morgan fingerprint density at radius 3 is 2.38 bits per heavy atom. The first-order chi connectivity index (χ1) is 11.4. The standard InChI is InChI=1S/C15H14Cl2N2O3S2/c16-12-2-1-3-13(15(12)17)24(21,22)19-8-6-18(7-9-19)14-5-4-11(10-20)23-14/h1-5,10H,6-9H2. The normalized spacial score (nSPS) is 16.3. The Labute approximate surface area is 154 Å². The zero-order chi connectivity index (χ0) is 17.3. The maximum atomic E-state index is 12.8. The summed E-state index contributed by atoms with van der Waals surface area (Å²) in [6.45, 7) is 1.80. The van der Waals surface area contributed by atoms with E-state index in [1.54, 1.807) is 18.2 Å². The summed E-state index contributed by atoms with van der Waals surface area (Å²) in [5, 5.41) is 1.24. The largest absolute Gasteiger partial charge is 0.361 e. The molecule has 0 spiro atoms. The molecule has 2 aromatic rings. The Hall–Kier alpha value is -1.12. The van der Waals surface area contributed by atoms with Gasteiger partial charge in [0, 0.05) is 26.2 Å². The zero-order valence-corrected chi connectivity index (χ0v) is 15.6. The van der Waals surface area contributed by atoms with Crippen molar-refractivity contribution in [2.45, 2.75) is 4.90 Å². The van der Waals surface area contributed by atoms with Crippen LogP contribution in [0, 0.1) is 0 Å². The number of thiophene rings is 1. The van der Waals surface area contributed by atoms with Gasteiger partial charge >= 0.3 is 0 Å². The first-order valence-electron chi connectivity index (χ1n) is 7.17. The summed E-state index contributed by atoms with van der Waals surface area (Å²) in [4.78, 5) is 13.5. The second-order valence-corrected chi connectivity index (χ2v) is 9.02. The molecular weight excluding hydrogens is 391 g/mol. The van der Waals surface area contributed by atoms with Crippen LogP contribution in [0.2, 0.25) is 10.0 Å². The minimum atomic E-state index is -3.68. The van der Waals surface area contributed by atoms with Gasteiger partial charge in [-0.25, -0.2) is 8.42 Å². The van der Waals surface area contributed by atoms with Crippen LogP contribution in [-0.4, -0.2) is 45.2 Å². The SMILES string of the molecule is O=Cc1ccc(N2CCN(S(=O)(=O)c3cccc(Cl)c3Cl)CC2)s1. The van der Waals surface area contributed by atoms with Crippen molar-refractivity contribution < 1.29 is 13.2 Å². The molecule has 1 saturated heterocycles. The lowest BCUT2D eigenvalue weighted by molar-refractivity contribution is 0.112. The lowest BCUT2D eigenvalue weighted by atomic mass is 10.3. The Kier molecular flexibility index (Phi) is 5.17. The van der Waals surface area contributed by atoms with E-state index in [2.05, 4.69) is 4.90 Å². The van der Waals surface area contributed by atoms with Crippen molar-refractivity contribution >= 4 is 55.8 Å². The van der Waals surface area contributed by atoms with Crippen LogP contribution in [-0.2, 0) is 10.0 Å². The van der Waals surface area contributed by atoms with Crippen molar-refractivity contribution in [2.75, 3.05) is 31.1 Å². The highest BCUT2D eigenvalue weighted by Crippen LogP contribution is 2.32. The predicted octanol–water partition coefficient (Wildman–Crippen LogP) is 3.38. The second-order valence-electron chi connectivity index (χ2n) is 5.24. The molecule has 0 radical (unpaired) electrons. The average molecular weight is 405 g/mol. The van der Waals surface area contributed by atoms with Crippen molar-refractivity contribution in [3.8, 4) is 0 Å². The fourth-order valence-electron chi connectivity index (χ4n) is 2.55. The van der Waals surface area contributed by atoms with Gasteiger partial charge in [-0.15, -0.1) is 11.3 Å². The molecule has 0 amide bonds. The molecule has 1 aliphatic rings. The Morgan fingerprint density at radius 1 is 1.04 bits per heavy atom. The minimum Gasteiger partial charge on any atom is -0.361 e. The number of benzene rings is 1. The number of anilines is 1. The molecule has 1 aliphatic heterocycles. The fraction of sp³-hybridized carbons (Fsp3) is 0.267. The van der Waals surface area contributed by atoms with Crippen molar-refractivity contribution in [3.05, 3.63) is 45.3 Å². The first-order valence-corrected chi connectivity index (χ1v) is 10.2. The van der Waals surface area contributed by atoms with Crippen LogP contribution in [0.3, 0.4) is 0 Å². The summed E-state index contributed by atoms with van der Waals surface area (Å²) >= 11 is 13.4. The molecule has 3 rings (SSSR count). The summed E-state index contributed by atoms with van der Waals surface area (Å²) < 4.78 is 27.0. The van der Waals surface area contributed by atoms with Gasteiger partial charge in [0.25, 0.3) is 0 Å². The summed E-state index contributed by atoms with van der Waals surface area (Å²) in [5.74, 6) is 0. The highest BCUT2D eigenvalue weighted by Gasteiger charge is 2.31. The number of carbonyl (C=O) groups excluding carboxylic acids is 1. The third kappa shape index (κ3) is 3.32. The third-order valence-corrected chi connectivity index (χ3v) is 7.76.